The van der Waals surface area contributed by atoms with Crippen LogP contribution >= 0.6 is 0 Å². The van der Waals surface area contributed by atoms with Crippen molar-refractivity contribution in [2.45, 2.75) is 20.0 Å². The van der Waals surface area contributed by atoms with Crippen molar-refractivity contribution in [1.82, 2.24) is 9.97 Å². The summed E-state index contributed by atoms with van der Waals surface area (Å²) < 4.78 is 5.77. The number of ether oxygens (including phenoxy) is 1. The molecule has 0 amide bonds. The van der Waals surface area contributed by atoms with Crippen LogP contribution in [-0.2, 0) is 17.8 Å². The summed E-state index contributed by atoms with van der Waals surface area (Å²) in [6.45, 7) is 1.64. The van der Waals surface area contributed by atoms with Gasteiger partial charge in [0.2, 0.25) is 5.95 Å². The Balaban J connectivity index is 0.000000596. The zero-order valence-electron chi connectivity index (χ0n) is 15.0. The largest absolute Gasteiger partial charge is 0.489 e. The molecule has 0 aliphatic heterocycles. The lowest BCUT2D eigenvalue weighted by Gasteiger charge is -2.08. The van der Waals surface area contributed by atoms with Gasteiger partial charge in [0.25, 0.3) is 5.97 Å². The van der Waals surface area contributed by atoms with Crippen LogP contribution in [0, 0.1) is 0 Å². The molecule has 1 aromatic heterocycles. The number of carbonyl (C=O) groups is 1. The number of aromatic nitrogens is 2. The van der Waals surface area contributed by atoms with Crippen LogP contribution in [0.1, 0.15) is 23.6 Å². The van der Waals surface area contributed by atoms with Gasteiger partial charge in [0.1, 0.15) is 18.2 Å². The van der Waals surface area contributed by atoms with E-state index in [4.69, 9.17) is 26.1 Å². The van der Waals surface area contributed by atoms with Crippen LogP contribution in [0.4, 0.5) is 11.8 Å². The Labute approximate surface area is 157 Å². The van der Waals surface area contributed by atoms with Crippen molar-refractivity contribution in [3.05, 3.63) is 77.5 Å². The minimum Gasteiger partial charge on any atom is -0.489 e. The zero-order chi connectivity index (χ0) is 19.6. The number of carboxylic acid groups (broad SMARTS) is 1. The number of nitrogens with zero attached hydrogens (tertiary/aromatic N) is 2. The minimum atomic E-state index is -0.833. The maximum Gasteiger partial charge on any atom is 0.300 e. The monoisotopic (exact) mass is 366 g/mol. The molecule has 2 aromatic carbocycles. The van der Waals surface area contributed by atoms with E-state index in [0.29, 0.717) is 18.8 Å². The molecule has 0 saturated heterocycles. The summed E-state index contributed by atoms with van der Waals surface area (Å²) in [6.07, 6.45) is 2.32. The number of benzene rings is 2. The number of hydrogen-bond acceptors (Lipinski definition) is 6. The average Bonchev–Trinajstić information content (AvgIpc) is 2.64. The standard InChI is InChI=1S/C18H18N4O.C2H4O2/c19-17-15(11-21-18(20)22-17)10-13-6-8-16(9-7-13)23-12-14-4-2-1-3-5-14;1-2(3)4/h1-9,11H,10,12H2,(H4,19,20,21,22);1H3,(H,3,4). The molecule has 0 atom stereocenters. The van der Waals surface area contributed by atoms with Crippen molar-refractivity contribution in [2.24, 2.45) is 0 Å². The third kappa shape index (κ3) is 7.03. The molecule has 3 aromatic rings. The van der Waals surface area contributed by atoms with E-state index < -0.39 is 5.97 Å². The van der Waals surface area contributed by atoms with Gasteiger partial charge in [0.15, 0.2) is 0 Å². The Morgan fingerprint density at radius 3 is 2.26 bits per heavy atom. The number of hydrogen-bond donors (Lipinski definition) is 3. The second-order valence-corrected chi connectivity index (χ2v) is 5.75. The van der Waals surface area contributed by atoms with Gasteiger partial charge in [-0.25, -0.2) is 4.98 Å². The van der Waals surface area contributed by atoms with Gasteiger partial charge in [-0.3, -0.25) is 4.79 Å². The van der Waals surface area contributed by atoms with E-state index in [2.05, 4.69) is 9.97 Å². The Morgan fingerprint density at radius 1 is 1.04 bits per heavy atom. The fraction of sp³-hybridized carbons (Fsp3) is 0.150. The molecule has 27 heavy (non-hydrogen) atoms. The normalized spacial score (nSPS) is 9.81. The van der Waals surface area contributed by atoms with Crippen molar-refractivity contribution in [2.75, 3.05) is 11.5 Å². The first-order valence-corrected chi connectivity index (χ1v) is 8.26. The van der Waals surface area contributed by atoms with Crippen molar-refractivity contribution in [3.8, 4) is 5.75 Å². The molecule has 0 spiro atoms. The fourth-order valence-electron chi connectivity index (χ4n) is 2.23. The van der Waals surface area contributed by atoms with Gasteiger partial charge < -0.3 is 21.3 Å². The predicted octanol–water partition coefficient (Wildman–Crippen LogP) is 2.90. The first-order valence-electron chi connectivity index (χ1n) is 8.26. The van der Waals surface area contributed by atoms with E-state index in [-0.39, 0.29) is 5.95 Å². The molecule has 0 aliphatic carbocycles. The first-order chi connectivity index (χ1) is 12.9. The fourth-order valence-corrected chi connectivity index (χ4v) is 2.23. The highest BCUT2D eigenvalue weighted by molar-refractivity contribution is 5.62. The van der Waals surface area contributed by atoms with E-state index >= 15 is 0 Å². The van der Waals surface area contributed by atoms with Gasteiger partial charge in [-0.2, -0.15) is 4.98 Å². The summed E-state index contributed by atoms with van der Waals surface area (Å²) in [5.41, 5.74) is 14.5. The second kappa shape index (κ2) is 9.76. The SMILES string of the molecule is CC(=O)O.Nc1ncc(Cc2ccc(OCc3ccccc3)cc2)c(N)n1. The van der Waals surface area contributed by atoms with Crippen LogP contribution in [-0.4, -0.2) is 21.0 Å². The third-order valence-electron chi connectivity index (χ3n) is 3.48. The lowest BCUT2D eigenvalue weighted by molar-refractivity contribution is -0.134. The number of rotatable bonds is 5. The van der Waals surface area contributed by atoms with E-state index in [9.17, 15) is 0 Å². The van der Waals surface area contributed by atoms with Crippen LogP contribution in [0.15, 0.2) is 60.8 Å². The molecule has 1 heterocycles. The second-order valence-electron chi connectivity index (χ2n) is 5.75. The summed E-state index contributed by atoms with van der Waals surface area (Å²) in [4.78, 5) is 16.9. The zero-order valence-corrected chi connectivity index (χ0v) is 15.0. The minimum absolute atomic E-state index is 0.191. The number of aliphatic carboxylic acids is 1. The quantitative estimate of drug-likeness (QED) is 0.634. The molecule has 0 fully saturated rings. The van der Waals surface area contributed by atoms with E-state index in [1.54, 1.807) is 6.20 Å². The van der Waals surface area contributed by atoms with Crippen molar-refractivity contribution in [3.63, 3.8) is 0 Å². The highest BCUT2D eigenvalue weighted by atomic mass is 16.5. The Bertz CT molecular complexity index is 864. The molecule has 140 valence electrons. The number of carboxylic acids is 1. The highest BCUT2D eigenvalue weighted by Crippen LogP contribution is 2.18. The Kier molecular flexibility index (Phi) is 7.13. The molecular weight excluding hydrogens is 344 g/mol. The van der Waals surface area contributed by atoms with Crippen molar-refractivity contribution < 1.29 is 14.6 Å². The lowest BCUT2D eigenvalue weighted by Crippen LogP contribution is -2.04. The first kappa shape index (κ1) is 19.7. The summed E-state index contributed by atoms with van der Waals surface area (Å²) in [5.74, 6) is 0.608. The van der Waals surface area contributed by atoms with Crippen molar-refractivity contribution in [1.29, 1.82) is 0 Å². The Morgan fingerprint density at radius 2 is 1.67 bits per heavy atom. The molecule has 7 nitrogen and oxygen atoms in total. The third-order valence-corrected chi connectivity index (χ3v) is 3.48. The summed E-state index contributed by atoms with van der Waals surface area (Å²) in [7, 11) is 0. The summed E-state index contributed by atoms with van der Waals surface area (Å²) in [6, 6.07) is 18.0. The van der Waals surface area contributed by atoms with Crippen LogP contribution in [0.2, 0.25) is 0 Å². The van der Waals surface area contributed by atoms with Gasteiger partial charge in [0.05, 0.1) is 0 Å². The lowest BCUT2D eigenvalue weighted by atomic mass is 10.1. The molecule has 0 bridgehead atoms. The summed E-state index contributed by atoms with van der Waals surface area (Å²) in [5, 5.41) is 7.42. The van der Waals surface area contributed by atoms with Crippen LogP contribution in [0.25, 0.3) is 0 Å². The molecule has 0 unspecified atom stereocenters. The van der Waals surface area contributed by atoms with E-state index in [1.807, 2.05) is 54.6 Å². The number of nitrogen functional groups attached to an aromatic ring is 2. The Hall–Kier alpha value is -3.61. The van der Waals surface area contributed by atoms with E-state index in [1.165, 1.54) is 0 Å². The smallest absolute Gasteiger partial charge is 0.300 e. The van der Waals surface area contributed by atoms with Gasteiger partial charge in [0, 0.05) is 25.1 Å². The molecule has 0 radical (unpaired) electrons. The molecular formula is C20H22N4O3. The average molecular weight is 366 g/mol. The maximum atomic E-state index is 9.00. The predicted molar refractivity (Wildman–Crippen MR) is 104 cm³/mol. The number of anilines is 2. The maximum absolute atomic E-state index is 9.00. The molecule has 7 heteroatoms. The summed E-state index contributed by atoms with van der Waals surface area (Å²) >= 11 is 0. The molecule has 3 rings (SSSR count). The molecule has 0 saturated carbocycles. The van der Waals surface area contributed by atoms with Gasteiger partial charge in [-0.1, -0.05) is 42.5 Å². The number of nitrogens with two attached hydrogens (primary N) is 2. The highest BCUT2D eigenvalue weighted by Gasteiger charge is 2.04. The van der Waals surface area contributed by atoms with Crippen LogP contribution < -0.4 is 16.2 Å². The molecule has 0 aliphatic rings. The topological polar surface area (TPSA) is 124 Å². The van der Waals surface area contributed by atoms with Gasteiger partial charge in [-0.05, 0) is 23.3 Å². The van der Waals surface area contributed by atoms with E-state index in [0.717, 1.165) is 29.4 Å². The van der Waals surface area contributed by atoms with Crippen LogP contribution in [0.3, 0.4) is 0 Å². The van der Waals surface area contributed by atoms with Crippen LogP contribution in [0.5, 0.6) is 5.75 Å². The van der Waals surface area contributed by atoms with Gasteiger partial charge >= 0.3 is 0 Å². The van der Waals surface area contributed by atoms with Gasteiger partial charge in [-0.15, -0.1) is 0 Å². The van der Waals surface area contributed by atoms with Crippen molar-refractivity contribution >= 4 is 17.7 Å². The molecule has 5 N–H and O–H groups in total.